The standard InChI is InChI=1S/C19H18FN3O/c1-13-7-8-16(20)19-15(13)5-4-9-22(19)12-14-11-18(24)23-10-3-2-6-17(23)21-14/h2-3,6-8,10-11H,4-5,9,12H2,1H3. The van der Waals surface area contributed by atoms with E-state index in [0.29, 0.717) is 23.6 Å². The number of hydrogen-bond acceptors (Lipinski definition) is 3. The molecule has 0 amide bonds. The number of nitrogens with zero attached hydrogens (tertiary/aromatic N) is 3. The maximum absolute atomic E-state index is 14.4. The first-order chi connectivity index (χ1) is 11.6. The van der Waals surface area contributed by atoms with Gasteiger partial charge in [0, 0.05) is 18.8 Å². The van der Waals surface area contributed by atoms with Crippen LogP contribution in [0.4, 0.5) is 10.1 Å². The Hall–Kier alpha value is -2.69. The van der Waals surface area contributed by atoms with E-state index in [1.54, 1.807) is 18.3 Å². The zero-order chi connectivity index (χ0) is 16.7. The normalized spacial score (nSPS) is 14.0. The Labute approximate surface area is 139 Å². The van der Waals surface area contributed by atoms with E-state index in [-0.39, 0.29) is 11.4 Å². The molecule has 0 saturated heterocycles. The molecular formula is C19H18FN3O. The number of rotatable bonds is 2. The highest BCUT2D eigenvalue weighted by atomic mass is 19.1. The number of hydrogen-bond donors (Lipinski definition) is 0. The monoisotopic (exact) mass is 323 g/mol. The van der Waals surface area contributed by atoms with Crippen LogP contribution in [0.15, 0.2) is 47.4 Å². The second-order valence-electron chi connectivity index (χ2n) is 6.23. The SMILES string of the molecule is Cc1ccc(F)c2c1CCCN2Cc1cc(=O)n2ccccc2n1. The first-order valence-corrected chi connectivity index (χ1v) is 8.14. The minimum atomic E-state index is -0.201. The summed E-state index contributed by atoms with van der Waals surface area (Å²) in [6, 6.07) is 10.3. The molecule has 0 radical (unpaired) electrons. The second-order valence-corrected chi connectivity index (χ2v) is 6.23. The number of aryl methyl sites for hydroxylation is 1. The van der Waals surface area contributed by atoms with E-state index in [1.807, 2.05) is 24.0 Å². The molecule has 1 aromatic carbocycles. The maximum atomic E-state index is 14.4. The van der Waals surface area contributed by atoms with Crippen LogP contribution >= 0.6 is 0 Å². The first kappa shape index (κ1) is 14.9. The molecule has 5 heteroatoms. The number of fused-ring (bicyclic) bond motifs is 2. The Morgan fingerprint density at radius 2 is 2.12 bits per heavy atom. The molecule has 0 unspecified atom stereocenters. The molecule has 122 valence electrons. The number of benzene rings is 1. The first-order valence-electron chi connectivity index (χ1n) is 8.14. The fourth-order valence-corrected chi connectivity index (χ4v) is 3.46. The Balaban J connectivity index is 1.76. The lowest BCUT2D eigenvalue weighted by Crippen LogP contribution is -2.31. The van der Waals surface area contributed by atoms with Crippen LogP contribution in [-0.2, 0) is 13.0 Å². The van der Waals surface area contributed by atoms with Crippen LogP contribution in [0.1, 0.15) is 23.2 Å². The minimum Gasteiger partial charge on any atom is -0.363 e. The van der Waals surface area contributed by atoms with Crippen molar-refractivity contribution in [2.24, 2.45) is 0 Å². The fraction of sp³-hybridized carbons (Fsp3) is 0.263. The van der Waals surface area contributed by atoms with Crippen molar-refractivity contribution in [1.29, 1.82) is 0 Å². The number of pyridine rings is 1. The topological polar surface area (TPSA) is 37.6 Å². The van der Waals surface area contributed by atoms with Gasteiger partial charge in [-0.05, 0) is 49.1 Å². The van der Waals surface area contributed by atoms with Gasteiger partial charge in [0.2, 0.25) is 0 Å². The summed E-state index contributed by atoms with van der Waals surface area (Å²) in [6.45, 7) is 3.22. The van der Waals surface area contributed by atoms with Gasteiger partial charge in [-0.2, -0.15) is 0 Å². The van der Waals surface area contributed by atoms with Crippen LogP contribution in [0, 0.1) is 12.7 Å². The molecule has 24 heavy (non-hydrogen) atoms. The molecule has 0 N–H and O–H groups in total. The summed E-state index contributed by atoms with van der Waals surface area (Å²) in [6.07, 6.45) is 3.57. The van der Waals surface area contributed by atoms with Crippen LogP contribution < -0.4 is 10.5 Å². The van der Waals surface area contributed by atoms with Gasteiger partial charge >= 0.3 is 0 Å². The van der Waals surface area contributed by atoms with Crippen LogP contribution in [0.25, 0.3) is 5.65 Å². The van der Waals surface area contributed by atoms with Crippen LogP contribution in [0.3, 0.4) is 0 Å². The number of halogens is 1. The molecule has 3 aromatic rings. The Morgan fingerprint density at radius 1 is 1.25 bits per heavy atom. The van der Waals surface area contributed by atoms with Crippen molar-refractivity contribution >= 4 is 11.3 Å². The summed E-state index contributed by atoms with van der Waals surface area (Å²) in [5, 5.41) is 0. The smallest absolute Gasteiger partial charge is 0.258 e. The Kier molecular flexibility index (Phi) is 3.56. The quantitative estimate of drug-likeness (QED) is 0.727. The number of aromatic nitrogens is 2. The highest BCUT2D eigenvalue weighted by Gasteiger charge is 2.22. The van der Waals surface area contributed by atoms with E-state index in [1.165, 1.54) is 16.5 Å². The van der Waals surface area contributed by atoms with Gasteiger partial charge in [-0.1, -0.05) is 12.1 Å². The second kappa shape index (κ2) is 5.74. The van der Waals surface area contributed by atoms with E-state index in [0.717, 1.165) is 30.5 Å². The largest absolute Gasteiger partial charge is 0.363 e. The third-order valence-corrected chi connectivity index (χ3v) is 4.62. The molecular weight excluding hydrogens is 305 g/mol. The van der Waals surface area contributed by atoms with Gasteiger partial charge in [0.15, 0.2) is 0 Å². The molecule has 4 rings (SSSR count). The fourth-order valence-electron chi connectivity index (χ4n) is 3.46. The Bertz CT molecular complexity index is 980. The van der Waals surface area contributed by atoms with Crippen molar-refractivity contribution in [2.45, 2.75) is 26.3 Å². The van der Waals surface area contributed by atoms with Gasteiger partial charge in [0.05, 0.1) is 17.9 Å². The summed E-state index contributed by atoms with van der Waals surface area (Å²) in [4.78, 5) is 18.8. The van der Waals surface area contributed by atoms with E-state index < -0.39 is 0 Å². The molecule has 0 saturated carbocycles. The maximum Gasteiger partial charge on any atom is 0.258 e. The average molecular weight is 323 g/mol. The van der Waals surface area contributed by atoms with Gasteiger partial charge in [0.1, 0.15) is 11.5 Å². The minimum absolute atomic E-state index is 0.113. The zero-order valence-corrected chi connectivity index (χ0v) is 13.5. The van der Waals surface area contributed by atoms with Crippen molar-refractivity contribution in [2.75, 3.05) is 11.4 Å². The third kappa shape index (κ3) is 2.46. The van der Waals surface area contributed by atoms with Crippen LogP contribution in [0.5, 0.6) is 0 Å². The average Bonchev–Trinajstić information content (AvgIpc) is 2.58. The summed E-state index contributed by atoms with van der Waals surface area (Å²) >= 11 is 0. The van der Waals surface area contributed by atoms with Gasteiger partial charge in [-0.15, -0.1) is 0 Å². The summed E-state index contributed by atoms with van der Waals surface area (Å²) < 4.78 is 15.9. The lowest BCUT2D eigenvalue weighted by atomic mass is 9.96. The molecule has 3 heterocycles. The molecule has 2 aromatic heterocycles. The lowest BCUT2D eigenvalue weighted by molar-refractivity contribution is 0.592. The lowest BCUT2D eigenvalue weighted by Gasteiger charge is -2.32. The van der Waals surface area contributed by atoms with Crippen molar-refractivity contribution < 1.29 is 4.39 Å². The summed E-state index contributed by atoms with van der Waals surface area (Å²) in [7, 11) is 0. The molecule has 0 spiro atoms. The van der Waals surface area contributed by atoms with Crippen LogP contribution in [0.2, 0.25) is 0 Å². The zero-order valence-electron chi connectivity index (χ0n) is 13.5. The molecule has 0 fully saturated rings. The summed E-state index contributed by atoms with van der Waals surface area (Å²) in [5.41, 5.74) is 4.01. The molecule has 0 aliphatic carbocycles. The predicted molar refractivity (Wildman–Crippen MR) is 92.0 cm³/mol. The van der Waals surface area contributed by atoms with E-state index in [9.17, 15) is 9.18 Å². The third-order valence-electron chi connectivity index (χ3n) is 4.62. The van der Waals surface area contributed by atoms with Gasteiger partial charge in [0.25, 0.3) is 5.56 Å². The highest BCUT2D eigenvalue weighted by molar-refractivity contribution is 5.59. The molecule has 4 nitrogen and oxygen atoms in total. The predicted octanol–water partition coefficient (Wildman–Crippen LogP) is 3.09. The van der Waals surface area contributed by atoms with E-state index in [2.05, 4.69) is 4.98 Å². The molecule has 0 bridgehead atoms. The van der Waals surface area contributed by atoms with Gasteiger partial charge < -0.3 is 4.90 Å². The summed E-state index contributed by atoms with van der Waals surface area (Å²) in [5.74, 6) is -0.201. The van der Waals surface area contributed by atoms with Crippen molar-refractivity contribution in [3.8, 4) is 0 Å². The van der Waals surface area contributed by atoms with Crippen LogP contribution in [-0.4, -0.2) is 15.9 Å². The van der Waals surface area contributed by atoms with Crippen molar-refractivity contribution in [3.05, 3.63) is 75.6 Å². The molecule has 0 atom stereocenters. The molecule has 1 aliphatic rings. The van der Waals surface area contributed by atoms with Crippen molar-refractivity contribution in [1.82, 2.24) is 9.38 Å². The van der Waals surface area contributed by atoms with Crippen molar-refractivity contribution in [3.63, 3.8) is 0 Å². The van der Waals surface area contributed by atoms with E-state index in [4.69, 9.17) is 0 Å². The number of anilines is 1. The van der Waals surface area contributed by atoms with Gasteiger partial charge in [-0.3, -0.25) is 9.20 Å². The Morgan fingerprint density at radius 3 is 3.00 bits per heavy atom. The van der Waals surface area contributed by atoms with E-state index >= 15 is 0 Å². The molecule has 1 aliphatic heterocycles. The van der Waals surface area contributed by atoms with Gasteiger partial charge in [-0.25, -0.2) is 9.37 Å². The highest BCUT2D eigenvalue weighted by Crippen LogP contribution is 2.33.